The summed E-state index contributed by atoms with van der Waals surface area (Å²) in [6.07, 6.45) is 10.7. The van der Waals surface area contributed by atoms with Crippen molar-refractivity contribution in [2.24, 2.45) is 5.92 Å². The van der Waals surface area contributed by atoms with Crippen LogP contribution >= 0.6 is 11.3 Å². The zero-order chi connectivity index (χ0) is 16.1. The molecule has 0 spiro atoms. The molecular formula is C18H25N3OS. The fourth-order valence-corrected chi connectivity index (χ4v) is 4.11. The molecule has 0 saturated carbocycles. The van der Waals surface area contributed by atoms with Gasteiger partial charge < -0.3 is 9.47 Å². The van der Waals surface area contributed by atoms with E-state index in [1.54, 1.807) is 11.3 Å². The molecule has 4 nitrogen and oxygen atoms in total. The number of carbonyl (C=O) groups is 1. The molecule has 5 heteroatoms. The van der Waals surface area contributed by atoms with Crippen LogP contribution in [0, 0.1) is 12.8 Å². The van der Waals surface area contributed by atoms with Gasteiger partial charge in [-0.3, -0.25) is 4.79 Å². The van der Waals surface area contributed by atoms with Crippen molar-refractivity contribution in [3.8, 4) is 0 Å². The van der Waals surface area contributed by atoms with Gasteiger partial charge in [-0.1, -0.05) is 0 Å². The lowest BCUT2D eigenvalue weighted by Gasteiger charge is -2.32. The van der Waals surface area contributed by atoms with Crippen LogP contribution in [0.15, 0.2) is 30.2 Å². The highest BCUT2D eigenvalue weighted by Crippen LogP contribution is 2.22. The predicted octanol–water partition coefficient (Wildman–Crippen LogP) is 3.51. The summed E-state index contributed by atoms with van der Waals surface area (Å²) in [6.45, 7) is 5.00. The molecule has 0 radical (unpaired) electrons. The maximum absolute atomic E-state index is 12.3. The van der Waals surface area contributed by atoms with Crippen LogP contribution in [0.5, 0.6) is 0 Å². The fourth-order valence-electron chi connectivity index (χ4n) is 3.23. The molecule has 3 heterocycles. The van der Waals surface area contributed by atoms with E-state index in [4.69, 9.17) is 0 Å². The monoisotopic (exact) mass is 331 g/mol. The highest BCUT2D eigenvalue weighted by Gasteiger charge is 2.22. The number of hydrogen-bond donors (Lipinski definition) is 0. The Hall–Kier alpha value is -1.62. The second-order valence-corrected chi connectivity index (χ2v) is 7.50. The van der Waals surface area contributed by atoms with Crippen molar-refractivity contribution in [2.75, 3.05) is 13.1 Å². The van der Waals surface area contributed by atoms with E-state index < -0.39 is 0 Å². The Labute approximate surface area is 142 Å². The first-order valence-electron chi connectivity index (χ1n) is 8.48. The minimum absolute atomic E-state index is 0.323. The molecule has 1 saturated heterocycles. The molecule has 2 aromatic rings. The number of piperidine rings is 1. The van der Waals surface area contributed by atoms with Crippen molar-refractivity contribution < 1.29 is 4.79 Å². The van der Waals surface area contributed by atoms with Gasteiger partial charge in [0, 0.05) is 43.3 Å². The van der Waals surface area contributed by atoms with Gasteiger partial charge in [-0.15, -0.1) is 11.3 Å². The fraction of sp³-hybridized carbons (Fsp3) is 0.556. The molecule has 0 unspecified atom stereocenters. The second kappa shape index (κ2) is 7.77. The average molecular weight is 331 g/mol. The second-order valence-electron chi connectivity index (χ2n) is 6.50. The van der Waals surface area contributed by atoms with Gasteiger partial charge in [0.25, 0.3) is 0 Å². The van der Waals surface area contributed by atoms with Crippen LogP contribution < -0.4 is 0 Å². The molecule has 0 atom stereocenters. The molecule has 23 heavy (non-hydrogen) atoms. The third-order valence-electron chi connectivity index (χ3n) is 4.69. The van der Waals surface area contributed by atoms with E-state index in [1.165, 1.54) is 16.9 Å². The number of aromatic nitrogens is 2. The molecule has 1 amide bonds. The molecule has 0 bridgehead atoms. The van der Waals surface area contributed by atoms with Gasteiger partial charge in [0.15, 0.2) is 0 Å². The number of hydrogen-bond acceptors (Lipinski definition) is 3. The predicted molar refractivity (Wildman–Crippen MR) is 93.5 cm³/mol. The summed E-state index contributed by atoms with van der Waals surface area (Å²) in [7, 11) is 0. The third-order valence-corrected chi connectivity index (χ3v) is 5.81. The summed E-state index contributed by atoms with van der Waals surface area (Å²) in [5, 5.41) is 2.16. The van der Waals surface area contributed by atoms with Crippen LogP contribution in [0.3, 0.4) is 0 Å². The Bertz CT molecular complexity index is 612. The Kier molecular flexibility index (Phi) is 5.49. The van der Waals surface area contributed by atoms with Crippen LogP contribution in [0.2, 0.25) is 0 Å². The molecule has 3 rings (SSSR count). The third kappa shape index (κ3) is 4.67. The van der Waals surface area contributed by atoms with E-state index in [0.717, 1.165) is 44.8 Å². The number of likely N-dealkylation sites (tertiary alicyclic amines) is 1. The number of aryl methyl sites for hydroxylation is 3. The molecule has 0 aliphatic carbocycles. The SMILES string of the molecule is Cc1csc(CCC(=O)N2CCC(CCn3ccnc3)CC2)c1. The van der Waals surface area contributed by atoms with Gasteiger partial charge >= 0.3 is 0 Å². The van der Waals surface area contributed by atoms with E-state index in [-0.39, 0.29) is 0 Å². The maximum atomic E-state index is 12.3. The summed E-state index contributed by atoms with van der Waals surface area (Å²) >= 11 is 1.77. The lowest BCUT2D eigenvalue weighted by atomic mass is 9.93. The van der Waals surface area contributed by atoms with Gasteiger partial charge in [0.2, 0.25) is 5.91 Å². The van der Waals surface area contributed by atoms with Crippen molar-refractivity contribution in [3.63, 3.8) is 0 Å². The molecule has 0 N–H and O–H groups in total. The maximum Gasteiger partial charge on any atom is 0.222 e. The van der Waals surface area contributed by atoms with Crippen molar-refractivity contribution in [1.82, 2.24) is 14.5 Å². The smallest absolute Gasteiger partial charge is 0.222 e. The highest BCUT2D eigenvalue weighted by atomic mass is 32.1. The van der Waals surface area contributed by atoms with Crippen molar-refractivity contribution in [1.29, 1.82) is 0 Å². The lowest BCUT2D eigenvalue weighted by Crippen LogP contribution is -2.38. The number of imidazole rings is 1. The van der Waals surface area contributed by atoms with E-state index in [9.17, 15) is 4.79 Å². The van der Waals surface area contributed by atoms with Gasteiger partial charge in [0.05, 0.1) is 6.33 Å². The molecule has 0 aromatic carbocycles. The number of thiophene rings is 1. The van der Waals surface area contributed by atoms with Gasteiger partial charge in [-0.2, -0.15) is 0 Å². The normalized spacial score (nSPS) is 16.0. The molecule has 124 valence electrons. The minimum atomic E-state index is 0.323. The zero-order valence-electron chi connectivity index (χ0n) is 13.8. The molecular weight excluding hydrogens is 306 g/mol. The van der Waals surface area contributed by atoms with E-state index in [0.29, 0.717) is 12.3 Å². The number of amides is 1. The van der Waals surface area contributed by atoms with Gasteiger partial charge in [-0.05, 0) is 55.5 Å². The highest BCUT2D eigenvalue weighted by molar-refractivity contribution is 7.10. The first-order chi connectivity index (χ1) is 11.2. The quantitative estimate of drug-likeness (QED) is 0.812. The molecule has 1 aliphatic rings. The lowest BCUT2D eigenvalue weighted by molar-refractivity contribution is -0.132. The number of rotatable bonds is 6. The van der Waals surface area contributed by atoms with Crippen LogP contribution in [0.1, 0.15) is 36.1 Å². The Morgan fingerprint density at radius 1 is 1.39 bits per heavy atom. The van der Waals surface area contributed by atoms with Crippen molar-refractivity contribution in [2.45, 2.75) is 45.6 Å². The Morgan fingerprint density at radius 2 is 2.22 bits per heavy atom. The van der Waals surface area contributed by atoms with Crippen LogP contribution in [-0.2, 0) is 17.8 Å². The Balaban J connectivity index is 1.37. The summed E-state index contributed by atoms with van der Waals surface area (Å²) < 4.78 is 2.14. The van der Waals surface area contributed by atoms with Crippen molar-refractivity contribution >= 4 is 17.2 Å². The molecule has 1 fully saturated rings. The molecule has 1 aliphatic heterocycles. The largest absolute Gasteiger partial charge is 0.343 e. The summed E-state index contributed by atoms with van der Waals surface area (Å²) in [6, 6.07) is 2.19. The minimum Gasteiger partial charge on any atom is -0.343 e. The Morgan fingerprint density at radius 3 is 2.87 bits per heavy atom. The first kappa shape index (κ1) is 16.2. The van der Waals surface area contributed by atoms with Gasteiger partial charge in [-0.25, -0.2) is 4.98 Å². The molecule has 2 aromatic heterocycles. The number of nitrogens with zero attached hydrogens (tertiary/aromatic N) is 3. The summed E-state index contributed by atoms with van der Waals surface area (Å²) in [4.78, 5) is 19.8. The summed E-state index contributed by atoms with van der Waals surface area (Å²) in [5.74, 6) is 1.06. The first-order valence-corrected chi connectivity index (χ1v) is 9.36. The van der Waals surface area contributed by atoms with E-state index in [2.05, 4.69) is 32.8 Å². The van der Waals surface area contributed by atoms with Crippen molar-refractivity contribution in [3.05, 3.63) is 40.6 Å². The van der Waals surface area contributed by atoms with Crippen LogP contribution in [-0.4, -0.2) is 33.4 Å². The topological polar surface area (TPSA) is 38.1 Å². The number of carbonyl (C=O) groups excluding carboxylic acids is 1. The zero-order valence-corrected chi connectivity index (χ0v) is 14.6. The standard InChI is InChI=1S/C18H25N3OS/c1-15-12-17(23-13-15)2-3-18(22)21-9-5-16(6-10-21)4-8-20-11-7-19-14-20/h7,11-14,16H,2-6,8-10H2,1H3. The van der Waals surface area contributed by atoms with E-state index >= 15 is 0 Å². The summed E-state index contributed by atoms with van der Waals surface area (Å²) in [5.41, 5.74) is 1.30. The van der Waals surface area contributed by atoms with Crippen LogP contribution in [0.25, 0.3) is 0 Å². The van der Waals surface area contributed by atoms with Gasteiger partial charge in [0.1, 0.15) is 0 Å². The van der Waals surface area contributed by atoms with Crippen LogP contribution in [0.4, 0.5) is 0 Å². The average Bonchev–Trinajstić information content (AvgIpc) is 3.22. The van der Waals surface area contributed by atoms with E-state index in [1.807, 2.05) is 18.7 Å².